The Morgan fingerprint density at radius 2 is 1.17 bits per heavy atom. The third-order valence-corrected chi connectivity index (χ3v) is 5.00. The topological polar surface area (TPSA) is 38.7 Å². The SMILES string of the molecule is COc1ccccc1[SiH](O)c1ccccc1OC. The lowest BCUT2D eigenvalue weighted by molar-refractivity contribution is 0.415. The number of ether oxygens (including phenoxy) is 2. The molecule has 0 heterocycles. The molecule has 0 radical (unpaired) electrons. The van der Waals surface area contributed by atoms with Gasteiger partial charge in [0.1, 0.15) is 11.5 Å². The molecule has 0 spiro atoms. The van der Waals surface area contributed by atoms with Gasteiger partial charge in [-0.25, -0.2) is 0 Å². The molecule has 0 saturated carbocycles. The number of hydrogen-bond acceptors (Lipinski definition) is 3. The fourth-order valence-corrected chi connectivity index (χ4v) is 3.84. The van der Waals surface area contributed by atoms with Gasteiger partial charge in [0.05, 0.1) is 14.2 Å². The van der Waals surface area contributed by atoms with E-state index in [2.05, 4.69) is 0 Å². The third kappa shape index (κ3) is 2.39. The Morgan fingerprint density at radius 1 is 0.778 bits per heavy atom. The summed E-state index contributed by atoms with van der Waals surface area (Å²) in [5, 5.41) is 1.73. The van der Waals surface area contributed by atoms with Crippen molar-refractivity contribution >= 4 is 19.4 Å². The van der Waals surface area contributed by atoms with Gasteiger partial charge >= 0.3 is 0 Å². The minimum absolute atomic E-state index is 0.725. The lowest BCUT2D eigenvalue weighted by atomic mass is 10.3. The van der Waals surface area contributed by atoms with Crippen LogP contribution in [-0.4, -0.2) is 28.1 Å². The first-order valence-corrected chi connectivity index (χ1v) is 7.39. The summed E-state index contributed by atoms with van der Waals surface area (Å²) in [5.74, 6) is 1.45. The van der Waals surface area contributed by atoms with Crippen molar-refractivity contribution in [2.24, 2.45) is 0 Å². The van der Waals surface area contributed by atoms with Gasteiger partial charge in [-0.3, -0.25) is 0 Å². The van der Waals surface area contributed by atoms with Crippen molar-refractivity contribution in [1.29, 1.82) is 0 Å². The molecule has 18 heavy (non-hydrogen) atoms. The summed E-state index contributed by atoms with van der Waals surface area (Å²) < 4.78 is 10.6. The quantitative estimate of drug-likeness (QED) is 0.815. The van der Waals surface area contributed by atoms with Crippen molar-refractivity contribution in [3.8, 4) is 11.5 Å². The molecule has 94 valence electrons. The van der Waals surface area contributed by atoms with Crippen LogP contribution >= 0.6 is 0 Å². The summed E-state index contributed by atoms with van der Waals surface area (Å²) in [6.07, 6.45) is 0. The zero-order chi connectivity index (χ0) is 13.0. The second-order valence-corrected chi connectivity index (χ2v) is 5.94. The molecule has 2 aromatic carbocycles. The molecule has 0 aliphatic carbocycles. The van der Waals surface area contributed by atoms with E-state index in [1.54, 1.807) is 14.2 Å². The maximum absolute atomic E-state index is 10.6. The fourth-order valence-electron chi connectivity index (χ4n) is 1.95. The van der Waals surface area contributed by atoms with Gasteiger partial charge in [-0.2, -0.15) is 0 Å². The second kappa shape index (κ2) is 5.71. The van der Waals surface area contributed by atoms with E-state index in [1.807, 2.05) is 48.5 Å². The average molecular weight is 260 g/mol. The summed E-state index contributed by atoms with van der Waals surface area (Å²) in [6.45, 7) is 0. The first-order chi connectivity index (χ1) is 8.77. The molecule has 3 nitrogen and oxygen atoms in total. The molecule has 0 fully saturated rings. The van der Waals surface area contributed by atoms with E-state index in [0.29, 0.717) is 0 Å². The highest BCUT2D eigenvalue weighted by Crippen LogP contribution is 2.10. The van der Waals surface area contributed by atoms with Crippen LogP contribution in [0, 0.1) is 0 Å². The number of para-hydroxylation sites is 2. The molecule has 2 rings (SSSR count). The predicted molar refractivity (Wildman–Crippen MR) is 74.6 cm³/mol. The first-order valence-electron chi connectivity index (χ1n) is 5.71. The van der Waals surface area contributed by atoms with E-state index in [0.717, 1.165) is 21.9 Å². The summed E-state index contributed by atoms with van der Waals surface area (Å²) >= 11 is 0. The largest absolute Gasteiger partial charge is 0.497 e. The van der Waals surface area contributed by atoms with Crippen LogP contribution in [0.3, 0.4) is 0 Å². The lowest BCUT2D eigenvalue weighted by Gasteiger charge is -2.15. The van der Waals surface area contributed by atoms with E-state index >= 15 is 0 Å². The Balaban J connectivity index is 2.44. The van der Waals surface area contributed by atoms with Gasteiger partial charge in [0.15, 0.2) is 0 Å². The molecular formula is C14H16O3Si. The van der Waals surface area contributed by atoms with E-state index < -0.39 is 9.04 Å². The van der Waals surface area contributed by atoms with Gasteiger partial charge in [-0.15, -0.1) is 0 Å². The highest BCUT2D eigenvalue weighted by atomic mass is 28.3. The van der Waals surface area contributed by atoms with Crippen LogP contribution in [0.15, 0.2) is 48.5 Å². The normalized spacial score (nSPS) is 10.4. The van der Waals surface area contributed by atoms with Crippen molar-refractivity contribution in [2.75, 3.05) is 14.2 Å². The monoisotopic (exact) mass is 260 g/mol. The Kier molecular flexibility index (Phi) is 4.02. The van der Waals surface area contributed by atoms with Crippen LogP contribution in [-0.2, 0) is 0 Å². The molecule has 0 aliphatic rings. The van der Waals surface area contributed by atoms with Crippen molar-refractivity contribution < 1.29 is 14.3 Å². The zero-order valence-electron chi connectivity index (χ0n) is 10.5. The number of rotatable bonds is 4. The molecule has 0 amide bonds. The zero-order valence-corrected chi connectivity index (χ0v) is 11.6. The van der Waals surface area contributed by atoms with Gasteiger partial charge in [0.2, 0.25) is 9.04 Å². The molecule has 4 heteroatoms. The molecule has 2 aromatic rings. The molecule has 0 aromatic heterocycles. The maximum atomic E-state index is 10.6. The van der Waals surface area contributed by atoms with E-state index in [9.17, 15) is 4.80 Å². The van der Waals surface area contributed by atoms with Gasteiger partial charge < -0.3 is 14.3 Å². The van der Waals surface area contributed by atoms with Crippen molar-refractivity contribution in [3.63, 3.8) is 0 Å². The Labute approximate surface area is 108 Å². The van der Waals surface area contributed by atoms with Crippen molar-refractivity contribution in [2.45, 2.75) is 0 Å². The highest BCUT2D eigenvalue weighted by Gasteiger charge is 2.20. The smallest absolute Gasteiger partial charge is 0.243 e. The minimum atomic E-state index is -2.28. The van der Waals surface area contributed by atoms with Crippen LogP contribution in [0.2, 0.25) is 0 Å². The number of methoxy groups -OCH3 is 2. The molecule has 0 atom stereocenters. The van der Waals surface area contributed by atoms with Crippen LogP contribution in [0.4, 0.5) is 0 Å². The third-order valence-electron chi connectivity index (χ3n) is 2.87. The standard InChI is InChI=1S/C14H16O3Si/c1-16-11-7-3-5-9-13(11)18(15)14-10-6-4-8-12(14)17-2/h3-10,15,18H,1-2H3. The van der Waals surface area contributed by atoms with Crippen LogP contribution in [0.5, 0.6) is 11.5 Å². The Bertz CT molecular complexity index is 480. The number of benzene rings is 2. The van der Waals surface area contributed by atoms with Crippen LogP contribution in [0.25, 0.3) is 0 Å². The number of hydrogen-bond donors (Lipinski definition) is 1. The van der Waals surface area contributed by atoms with Gasteiger partial charge in [-0.05, 0) is 12.1 Å². The minimum Gasteiger partial charge on any atom is -0.497 e. The van der Waals surface area contributed by atoms with Crippen molar-refractivity contribution in [1.82, 2.24) is 0 Å². The molecular weight excluding hydrogens is 244 g/mol. The Hall–Kier alpha value is -1.78. The predicted octanol–water partition coefficient (Wildman–Crippen LogP) is 0.534. The summed E-state index contributed by atoms with van der Waals surface area (Å²) in [6, 6.07) is 15.1. The van der Waals surface area contributed by atoms with E-state index in [-0.39, 0.29) is 0 Å². The fraction of sp³-hybridized carbons (Fsp3) is 0.143. The lowest BCUT2D eigenvalue weighted by Crippen LogP contribution is -2.43. The summed E-state index contributed by atoms with van der Waals surface area (Å²) in [7, 11) is 0.944. The molecule has 0 saturated heterocycles. The maximum Gasteiger partial charge on any atom is 0.243 e. The molecule has 0 bridgehead atoms. The molecule has 0 unspecified atom stereocenters. The average Bonchev–Trinajstić information content (AvgIpc) is 2.46. The highest BCUT2D eigenvalue weighted by molar-refractivity contribution is 6.80. The first kappa shape index (κ1) is 12.7. The van der Waals surface area contributed by atoms with Crippen molar-refractivity contribution in [3.05, 3.63) is 48.5 Å². The molecule has 1 N–H and O–H groups in total. The summed E-state index contributed by atoms with van der Waals surface area (Å²) in [4.78, 5) is 10.6. The van der Waals surface area contributed by atoms with Gasteiger partial charge in [0, 0.05) is 10.4 Å². The Morgan fingerprint density at radius 3 is 1.56 bits per heavy atom. The summed E-state index contributed by atoms with van der Waals surface area (Å²) in [5.41, 5.74) is 0. The van der Waals surface area contributed by atoms with Gasteiger partial charge in [0.25, 0.3) is 0 Å². The van der Waals surface area contributed by atoms with E-state index in [4.69, 9.17) is 9.47 Å². The second-order valence-electron chi connectivity index (χ2n) is 3.89. The van der Waals surface area contributed by atoms with E-state index in [1.165, 1.54) is 0 Å². The molecule has 0 aliphatic heterocycles. The van der Waals surface area contributed by atoms with Crippen LogP contribution < -0.4 is 19.8 Å². The van der Waals surface area contributed by atoms with Crippen LogP contribution in [0.1, 0.15) is 0 Å². The van der Waals surface area contributed by atoms with Gasteiger partial charge in [-0.1, -0.05) is 36.4 Å².